The Morgan fingerprint density at radius 3 is 2.35 bits per heavy atom. The van der Waals surface area contributed by atoms with Crippen LogP contribution in [0.15, 0.2) is 42.5 Å². The fourth-order valence-corrected chi connectivity index (χ4v) is 4.60. The largest absolute Gasteiger partial charge is 0.352 e. The normalized spacial score (nSPS) is 12.0. The van der Waals surface area contributed by atoms with Gasteiger partial charge in [-0.05, 0) is 49.6 Å². The lowest BCUT2D eigenvalue weighted by Gasteiger charge is -2.31. The molecule has 31 heavy (non-hydrogen) atoms. The molecule has 0 heterocycles. The Hall–Kier alpha value is -1.40. The van der Waals surface area contributed by atoms with E-state index >= 15 is 0 Å². The Labute approximate surface area is 203 Å². The van der Waals surface area contributed by atoms with Crippen LogP contribution in [0.1, 0.15) is 38.3 Å². The summed E-state index contributed by atoms with van der Waals surface area (Å²) in [5.41, 5.74) is 1.79. The summed E-state index contributed by atoms with van der Waals surface area (Å²) in [5, 5.41) is 4.46. The summed E-state index contributed by atoms with van der Waals surface area (Å²) in [7, 11) is 0. The minimum atomic E-state index is -0.578. The molecule has 0 spiro atoms. The molecule has 1 atom stereocenters. The molecule has 0 aliphatic heterocycles. The second-order valence-electron chi connectivity index (χ2n) is 7.44. The number of rotatable bonds is 10. The van der Waals surface area contributed by atoms with Gasteiger partial charge in [0.05, 0.1) is 15.8 Å². The Bertz CT molecular complexity index is 908. The molecule has 0 aromatic heterocycles. The first-order chi connectivity index (χ1) is 14.7. The quantitative estimate of drug-likeness (QED) is 0.421. The fraction of sp³-hybridized carbons (Fsp3) is 0.391. The molecule has 168 valence electrons. The zero-order chi connectivity index (χ0) is 23.0. The average molecular weight is 502 g/mol. The van der Waals surface area contributed by atoms with Gasteiger partial charge in [0.15, 0.2) is 0 Å². The molecule has 0 aliphatic rings. The van der Waals surface area contributed by atoms with E-state index in [0.717, 1.165) is 11.1 Å². The van der Waals surface area contributed by atoms with Crippen molar-refractivity contribution in [3.63, 3.8) is 0 Å². The van der Waals surface area contributed by atoms with Crippen molar-refractivity contribution in [2.45, 2.75) is 51.6 Å². The SMILES string of the molecule is CCC(C(=O)NC(C)C)N(Cc1ccc(Cl)c(Cl)c1)C(=O)CSCc1ccccc1Cl. The third kappa shape index (κ3) is 7.90. The van der Waals surface area contributed by atoms with Gasteiger partial charge in [0.2, 0.25) is 11.8 Å². The number of hydrogen-bond donors (Lipinski definition) is 1. The number of thioether (sulfide) groups is 1. The highest BCUT2D eigenvalue weighted by molar-refractivity contribution is 7.99. The molecule has 0 radical (unpaired) electrons. The summed E-state index contributed by atoms with van der Waals surface area (Å²) in [6, 6.07) is 12.2. The number of amides is 2. The van der Waals surface area contributed by atoms with Crippen molar-refractivity contribution in [1.29, 1.82) is 0 Å². The molecule has 0 saturated heterocycles. The summed E-state index contributed by atoms with van der Waals surface area (Å²) in [6.07, 6.45) is 0.501. The van der Waals surface area contributed by atoms with E-state index in [4.69, 9.17) is 34.8 Å². The summed E-state index contributed by atoms with van der Waals surface area (Å²) in [4.78, 5) is 27.6. The highest BCUT2D eigenvalue weighted by atomic mass is 35.5. The lowest BCUT2D eigenvalue weighted by Crippen LogP contribution is -2.50. The van der Waals surface area contributed by atoms with Gasteiger partial charge >= 0.3 is 0 Å². The molecule has 2 aromatic carbocycles. The van der Waals surface area contributed by atoms with Crippen LogP contribution in [0.3, 0.4) is 0 Å². The van der Waals surface area contributed by atoms with E-state index in [2.05, 4.69) is 5.32 Å². The van der Waals surface area contributed by atoms with Crippen molar-refractivity contribution in [2.24, 2.45) is 0 Å². The van der Waals surface area contributed by atoms with Crippen LogP contribution < -0.4 is 5.32 Å². The van der Waals surface area contributed by atoms with E-state index in [1.54, 1.807) is 17.0 Å². The second-order valence-corrected chi connectivity index (χ2v) is 9.65. The molecule has 0 fully saturated rings. The number of hydrogen-bond acceptors (Lipinski definition) is 3. The van der Waals surface area contributed by atoms with Crippen molar-refractivity contribution in [1.82, 2.24) is 10.2 Å². The minimum Gasteiger partial charge on any atom is -0.352 e. The van der Waals surface area contributed by atoms with E-state index in [9.17, 15) is 9.59 Å². The predicted molar refractivity (Wildman–Crippen MR) is 132 cm³/mol. The molecule has 1 unspecified atom stereocenters. The van der Waals surface area contributed by atoms with Crippen LogP contribution in [0, 0.1) is 0 Å². The zero-order valence-corrected chi connectivity index (χ0v) is 20.9. The fourth-order valence-electron chi connectivity index (χ4n) is 3.08. The number of carbonyl (C=O) groups excluding carboxylic acids is 2. The molecule has 0 aliphatic carbocycles. The van der Waals surface area contributed by atoms with Gasteiger partial charge in [-0.25, -0.2) is 0 Å². The maximum atomic E-state index is 13.2. The Kier molecular flexibility index (Phi) is 10.5. The van der Waals surface area contributed by atoms with E-state index < -0.39 is 6.04 Å². The third-order valence-corrected chi connectivity index (χ3v) is 6.67. The first kappa shape index (κ1) is 25.9. The van der Waals surface area contributed by atoms with Gasteiger partial charge in [-0.15, -0.1) is 11.8 Å². The molecule has 0 bridgehead atoms. The zero-order valence-electron chi connectivity index (χ0n) is 17.8. The third-order valence-electron chi connectivity index (χ3n) is 4.59. The van der Waals surface area contributed by atoms with E-state index in [1.165, 1.54) is 11.8 Å². The van der Waals surface area contributed by atoms with E-state index in [1.807, 2.05) is 51.1 Å². The average Bonchev–Trinajstić information content (AvgIpc) is 2.71. The van der Waals surface area contributed by atoms with Crippen LogP contribution in [0.5, 0.6) is 0 Å². The Morgan fingerprint density at radius 1 is 1.03 bits per heavy atom. The number of nitrogens with zero attached hydrogens (tertiary/aromatic N) is 1. The number of carbonyl (C=O) groups is 2. The van der Waals surface area contributed by atoms with Gasteiger partial charge in [-0.1, -0.05) is 66.0 Å². The lowest BCUT2D eigenvalue weighted by atomic mass is 10.1. The summed E-state index contributed by atoms with van der Waals surface area (Å²) < 4.78 is 0. The molecule has 1 N–H and O–H groups in total. The van der Waals surface area contributed by atoms with Crippen molar-refractivity contribution in [3.05, 3.63) is 68.7 Å². The van der Waals surface area contributed by atoms with Crippen LogP contribution in [0.2, 0.25) is 15.1 Å². The molecule has 2 aromatic rings. The Balaban J connectivity index is 2.18. The highest BCUT2D eigenvalue weighted by Gasteiger charge is 2.29. The highest BCUT2D eigenvalue weighted by Crippen LogP contribution is 2.25. The molecule has 0 saturated carbocycles. The van der Waals surface area contributed by atoms with Gasteiger partial charge in [0.1, 0.15) is 6.04 Å². The summed E-state index contributed by atoms with van der Waals surface area (Å²) in [5.74, 6) is 0.565. The standard InChI is InChI=1S/C23H27Cl3N2O2S/c1-4-21(23(30)27-15(2)3)28(12-16-9-10-19(25)20(26)11-16)22(29)14-31-13-17-7-5-6-8-18(17)24/h5-11,15,21H,4,12-14H2,1-3H3,(H,27,30). The van der Waals surface area contributed by atoms with Crippen molar-refractivity contribution < 1.29 is 9.59 Å². The van der Waals surface area contributed by atoms with Crippen LogP contribution in [0.4, 0.5) is 0 Å². The van der Waals surface area contributed by atoms with E-state index in [-0.39, 0.29) is 30.2 Å². The van der Waals surface area contributed by atoms with Crippen LogP contribution in [0.25, 0.3) is 0 Å². The minimum absolute atomic E-state index is 0.0157. The summed E-state index contributed by atoms with van der Waals surface area (Å²) in [6.45, 7) is 5.97. The first-order valence-corrected chi connectivity index (χ1v) is 12.4. The van der Waals surface area contributed by atoms with Gasteiger partial charge in [0, 0.05) is 23.4 Å². The monoisotopic (exact) mass is 500 g/mol. The van der Waals surface area contributed by atoms with Gasteiger partial charge < -0.3 is 10.2 Å². The number of halogens is 3. The molecular weight excluding hydrogens is 475 g/mol. The van der Waals surface area contributed by atoms with Gasteiger partial charge in [-0.2, -0.15) is 0 Å². The van der Waals surface area contributed by atoms with Crippen molar-refractivity contribution in [2.75, 3.05) is 5.75 Å². The van der Waals surface area contributed by atoms with E-state index in [0.29, 0.717) is 27.2 Å². The molecule has 8 heteroatoms. The van der Waals surface area contributed by atoms with Gasteiger partial charge in [-0.3, -0.25) is 9.59 Å². The number of nitrogens with one attached hydrogen (secondary N) is 1. The predicted octanol–water partition coefficient (Wildman–Crippen LogP) is 6.21. The molecule has 2 rings (SSSR count). The first-order valence-electron chi connectivity index (χ1n) is 10.1. The Morgan fingerprint density at radius 2 is 1.74 bits per heavy atom. The van der Waals surface area contributed by atoms with Crippen LogP contribution in [-0.4, -0.2) is 34.6 Å². The van der Waals surface area contributed by atoms with Crippen LogP contribution in [-0.2, 0) is 21.9 Å². The maximum absolute atomic E-state index is 13.2. The summed E-state index contributed by atoms with van der Waals surface area (Å²) >= 11 is 19.9. The van der Waals surface area contributed by atoms with Crippen molar-refractivity contribution in [3.8, 4) is 0 Å². The number of benzene rings is 2. The second kappa shape index (κ2) is 12.6. The topological polar surface area (TPSA) is 49.4 Å². The van der Waals surface area contributed by atoms with Crippen molar-refractivity contribution >= 4 is 58.4 Å². The smallest absolute Gasteiger partial charge is 0.243 e. The maximum Gasteiger partial charge on any atom is 0.243 e. The molecule has 2 amide bonds. The molecular formula is C23H27Cl3N2O2S. The lowest BCUT2D eigenvalue weighted by molar-refractivity contribution is -0.139. The van der Waals surface area contributed by atoms with Crippen LogP contribution >= 0.6 is 46.6 Å². The van der Waals surface area contributed by atoms with Gasteiger partial charge in [0.25, 0.3) is 0 Å². The molecule has 4 nitrogen and oxygen atoms in total.